The molecule has 0 fully saturated rings. The van der Waals surface area contributed by atoms with Crippen LogP contribution in [0.1, 0.15) is 18.1 Å². The lowest BCUT2D eigenvalue weighted by atomic mass is 10.0. The van der Waals surface area contributed by atoms with Gasteiger partial charge in [0.1, 0.15) is 5.15 Å². The van der Waals surface area contributed by atoms with E-state index in [0.29, 0.717) is 11.7 Å². The highest BCUT2D eigenvalue weighted by molar-refractivity contribution is 6.29. The molecule has 0 saturated carbocycles. The molecule has 14 heavy (non-hydrogen) atoms. The first kappa shape index (κ1) is 9.46. The highest BCUT2D eigenvalue weighted by Crippen LogP contribution is 2.20. The molecule has 0 aliphatic carbocycles. The van der Waals surface area contributed by atoms with Crippen molar-refractivity contribution in [3.8, 4) is 0 Å². The third-order valence-electron chi connectivity index (χ3n) is 2.51. The lowest BCUT2D eigenvalue weighted by molar-refractivity contribution is -0.129. The number of hydrogen-bond donors (Lipinski definition) is 0. The second-order valence-corrected chi connectivity index (χ2v) is 3.85. The van der Waals surface area contributed by atoms with Crippen LogP contribution in [-0.4, -0.2) is 22.3 Å². The van der Waals surface area contributed by atoms with Gasteiger partial charge in [0.2, 0.25) is 5.91 Å². The van der Waals surface area contributed by atoms with Crippen molar-refractivity contribution in [3.05, 3.63) is 28.5 Å². The third-order valence-corrected chi connectivity index (χ3v) is 2.71. The van der Waals surface area contributed by atoms with E-state index < -0.39 is 0 Å². The number of aromatic nitrogens is 1. The number of fused-ring (bicyclic) bond motifs is 1. The van der Waals surface area contributed by atoms with Crippen molar-refractivity contribution < 1.29 is 4.79 Å². The summed E-state index contributed by atoms with van der Waals surface area (Å²) in [6, 6.07) is 1.88. The topological polar surface area (TPSA) is 33.2 Å². The van der Waals surface area contributed by atoms with E-state index in [0.717, 1.165) is 18.5 Å². The number of rotatable bonds is 0. The summed E-state index contributed by atoms with van der Waals surface area (Å²) in [6.45, 7) is 3.03. The van der Waals surface area contributed by atoms with Crippen LogP contribution in [0, 0.1) is 0 Å². The summed E-state index contributed by atoms with van der Waals surface area (Å²) >= 11 is 5.78. The Bertz CT molecular complexity index is 378. The summed E-state index contributed by atoms with van der Waals surface area (Å²) in [7, 11) is 0. The van der Waals surface area contributed by atoms with Crippen LogP contribution in [0.3, 0.4) is 0 Å². The molecule has 0 N–H and O–H groups in total. The van der Waals surface area contributed by atoms with Crippen molar-refractivity contribution in [1.29, 1.82) is 0 Å². The van der Waals surface area contributed by atoms with Gasteiger partial charge in [-0.25, -0.2) is 4.98 Å². The van der Waals surface area contributed by atoms with E-state index in [4.69, 9.17) is 11.6 Å². The number of carbonyl (C=O) groups excluding carboxylic acids is 1. The monoisotopic (exact) mass is 210 g/mol. The molecule has 4 heteroatoms. The van der Waals surface area contributed by atoms with Gasteiger partial charge in [-0.2, -0.15) is 0 Å². The molecular weight excluding hydrogens is 200 g/mol. The molecule has 0 unspecified atom stereocenters. The molecule has 0 aromatic carbocycles. The highest BCUT2D eigenvalue weighted by Gasteiger charge is 2.18. The van der Waals surface area contributed by atoms with Gasteiger partial charge in [-0.05, 0) is 23.6 Å². The molecule has 1 amide bonds. The van der Waals surface area contributed by atoms with Crippen molar-refractivity contribution in [3.63, 3.8) is 0 Å². The molecule has 1 aliphatic heterocycles. The van der Waals surface area contributed by atoms with E-state index in [-0.39, 0.29) is 5.91 Å². The molecule has 0 saturated heterocycles. The standard InChI is InChI=1S/C10H11ClN2O/c1-7(14)13-3-2-8-4-10(11)12-5-9(8)6-13/h4-5H,2-3,6H2,1H3. The highest BCUT2D eigenvalue weighted by atomic mass is 35.5. The molecule has 2 heterocycles. The first-order chi connectivity index (χ1) is 6.66. The van der Waals surface area contributed by atoms with Crippen LogP contribution in [0.2, 0.25) is 5.15 Å². The van der Waals surface area contributed by atoms with Crippen LogP contribution < -0.4 is 0 Å². The van der Waals surface area contributed by atoms with Crippen LogP contribution in [0.15, 0.2) is 12.3 Å². The van der Waals surface area contributed by atoms with Gasteiger partial charge in [0.25, 0.3) is 0 Å². The van der Waals surface area contributed by atoms with Gasteiger partial charge in [-0.1, -0.05) is 11.6 Å². The van der Waals surface area contributed by atoms with Crippen molar-refractivity contribution >= 4 is 17.5 Å². The lowest BCUT2D eigenvalue weighted by Crippen LogP contribution is -2.34. The maximum atomic E-state index is 11.2. The molecule has 0 bridgehead atoms. The Kier molecular flexibility index (Phi) is 2.42. The minimum absolute atomic E-state index is 0.116. The number of carbonyl (C=O) groups is 1. The minimum atomic E-state index is 0.116. The number of nitrogens with zero attached hydrogens (tertiary/aromatic N) is 2. The Labute approximate surface area is 87.7 Å². The third kappa shape index (κ3) is 1.73. The second kappa shape index (κ2) is 3.58. The van der Waals surface area contributed by atoms with Gasteiger partial charge < -0.3 is 4.90 Å². The van der Waals surface area contributed by atoms with Crippen LogP contribution in [0.4, 0.5) is 0 Å². The van der Waals surface area contributed by atoms with E-state index in [1.54, 1.807) is 13.1 Å². The normalized spacial score (nSPS) is 15.1. The quantitative estimate of drug-likeness (QED) is 0.610. The van der Waals surface area contributed by atoms with E-state index in [1.165, 1.54) is 5.56 Å². The summed E-state index contributed by atoms with van der Waals surface area (Å²) in [5, 5.41) is 0.528. The largest absolute Gasteiger partial charge is 0.338 e. The first-order valence-corrected chi connectivity index (χ1v) is 4.93. The van der Waals surface area contributed by atoms with Crippen molar-refractivity contribution in [2.24, 2.45) is 0 Å². The molecule has 1 aromatic heterocycles. The number of amides is 1. The molecule has 74 valence electrons. The van der Waals surface area contributed by atoms with Gasteiger partial charge in [0.15, 0.2) is 0 Å². The molecule has 0 radical (unpaired) electrons. The van der Waals surface area contributed by atoms with E-state index in [1.807, 2.05) is 11.0 Å². The zero-order chi connectivity index (χ0) is 10.1. The molecule has 3 nitrogen and oxygen atoms in total. The van der Waals surface area contributed by atoms with Gasteiger partial charge in [-0.3, -0.25) is 4.79 Å². The molecule has 1 aromatic rings. The van der Waals surface area contributed by atoms with Crippen molar-refractivity contribution in [2.75, 3.05) is 6.54 Å². The van der Waals surface area contributed by atoms with Gasteiger partial charge in [0.05, 0.1) is 0 Å². The number of pyridine rings is 1. The Morgan fingerprint density at radius 2 is 2.36 bits per heavy atom. The summed E-state index contributed by atoms with van der Waals surface area (Å²) in [6.07, 6.45) is 2.63. The van der Waals surface area contributed by atoms with Gasteiger partial charge in [-0.15, -0.1) is 0 Å². The van der Waals surface area contributed by atoms with Crippen molar-refractivity contribution in [2.45, 2.75) is 19.9 Å². The van der Waals surface area contributed by atoms with E-state index in [2.05, 4.69) is 4.98 Å². The van der Waals surface area contributed by atoms with Crippen molar-refractivity contribution in [1.82, 2.24) is 9.88 Å². The van der Waals surface area contributed by atoms with Crippen LogP contribution in [0.5, 0.6) is 0 Å². The van der Waals surface area contributed by atoms with Crippen LogP contribution >= 0.6 is 11.6 Å². The summed E-state index contributed by atoms with van der Waals surface area (Å²) in [4.78, 5) is 17.0. The van der Waals surface area contributed by atoms with E-state index >= 15 is 0 Å². The first-order valence-electron chi connectivity index (χ1n) is 4.55. The fourth-order valence-corrected chi connectivity index (χ4v) is 1.86. The van der Waals surface area contributed by atoms with Crippen LogP contribution in [0.25, 0.3) is 0 Å². The SMILES string of the molecule is CC(=O)N1CCc2cc(Cl)ncc2C1. The number of hydrogen-bond acceptors (Lipinski definition) is 2. The maximum Gasteiger partial charge on any atom is 0.219 e. The molecule has 1 aliphatic rings. The Morgan fingerprint density at radius 1 is 1.57 bits per heavy atom. The Balaban J connectivity index is 2.27. The second-order valence-electron chi connectivity index (χ2n) is 3.47. The Morgan fingerprint density at radius 3 is 3.07 bits per heavy atom. The number of halogens is 1. The van der Waals surface area contributed by atoms with Gasteiger partial charge in [0, 0.05) is 26.2 Å². The average Bonchev–Trinajstić information content (AvgIpc) is 2.16. The molecule has 2 rings (SSSR count). The molecule has 0 spiro atoms. The van der Waals surface area contributed by atoms with Gasteiger partial charge >= 0.3 is 0 Å². The Hall–Kier alpha value is -1.09. The predicted molar refractivity (Wildman–Crippen MR) is 54.0 cm³/mol. The lowest BCUT2D eigenvalue weighted by Gasteiger charge is -2.27. The molecular formula is C10H11ClN2O. The zero-order valence-electron chi connectivity index (χ0n) is 7.96. The maximum absolute atomic E-state index is 11.2. The predicted octanol–water partition coefficient (Wildman–Crippen LogP) is 1.64. The summed E-state index contributed by atoms with van der Waals surface area (Å²) in [5.74, 6) is 0.116. The fourth-order valence-electron chi connectivity index (χ4n) is 1.68. The van der Waals surface area contributed by atoms with E-state index in [9.17, 15) is 4.79 Å². The summed E-state index contributed by atoms with van der Waals surface area (Å²) < 4.78 is 0. The zero-order valence-corrected chi connectivity index (χ0v) is 8.71. The summed E-state index contributed by atoms with van der Waals surface area (Å²) in [5.41, 5.74) is 2.32. The fraction of sp³-hybridized carbons (Fsp3) is 0.400. The van der Waals surface area contributed by atoms with Crippen LogP contribution in [-0.2, 0) is 17.8 Å². The average molecular weight is 211 g/mol. The smallest absolute Gasteiger partial charge is 0.219 e. The minimum Gasteiger partial charge on any atom is -0.338 e. The molecule has 0 atom stereocenters.